The number of nitrogens with one attached hydrogen (secondary N) is 1. The Morgan fingerprint density at radius 1 is 0.786 bits per heavy atom. The standard InChI is InChI=1S/C24H20N2O2/c27-22(17-26-16-15-18-9-7-8-14-21(18)24(26)28)25-23(19-10-3-1-4-11-19)20-12-5-2-6-13-20/h1-16,23H,17H2,(H,25,27). The molecule has 0 unspecified atom stereocenters. The highest BCUT2D eigenvalue weighted by Crippen LogP contribution is 2.21. The van der Waals surface area contributed by atoms with E-state index in [1.54, 1.807) is 12.3 Å². The summed E-state index contributed by atoms with van der Waals surface area (Å²) in [5, 5.41) is 4.56. The van der Waals surface area contributed by atoms with E-state index in [2.05, 4.69) is 5.32 Å². The molecule has 0 aliphatic heterocycles. The average molecular weight is 368 g/mol. The molecule has 0 atom stereocenters. The maximum absolute atomic E-state index is 12.8. The van der Waals surface area contributed by atoms with Crippen molar-refractivity contribution in [2.24, 2.45) is 0 Å². The lowest BCUT2D eigenvalue weighted by atomic mass is 9.99. The number of carbonyl (C=O) groups is 1. The lowest BCUT2D eigenvalue weighted by molar-refractivity contribution is -0.122. The molecule has 0 saturated heterocycles. The normalized spacial score (nSPS) is 10.9. The Balaban J connectivity index is 1.60. The Morgan fingerprint density at radius 2 is 1.36 bits per heavy atom. The second-order valence-electron chi connectivity index (χ2n) is 6.66. The molecule has 0 aliphatic carbocycles. The molecular weight excluding hydrogens is 348 g/mol. The van der Waals surface area contributed by atoms with Gasteiger partial charge in [-0.1, -0.05) is 78.9 Å². The molecule has 0 radical (unpaired) electrons. The number of hydrogen-bond donors (Lipinski definition) is 1. The topological polar surface area (TPSA) is 51.1 Å². The van der Waals surface area contributed by atoms with E-state index in [4.69, 9.17) is 0 Å². The third-order valence-electron chi connectivity index (χ3n) is 4.77. The second-order valence-corrected chi connectivity index (χ2v) is 6.66. The van der Waals surface area contributed by atoms with Crippen LogP contribution in [0, 0.1) is 0 Å². The maximum Gasteiger partial charge on any atom is 0.258 e. The smallest absolute Gasteiger partial charge is 0.258 e. The molecule has 0 fully saturated rings. The Kier molecular flexibility index (Phi) is 5.02. The third-order valence-corrected chi connectivity index (χ3v) is 4.77. The number of benzene rings is 3. The highest BCUT2D eigenvalue weighted by molar-refractivity contribution is 5.82. The number of nitrogens with zero attached hydrogens (tertiary/aromatic N) is 1. The quantitative estimate of drug-likeness (QED) is 0.581. The summed E-state index contributed by atoms with van der Waals surface area (Å²) in [6.07, 6.45) is 1.67. The van der Waals surface area contributed by atoms with Crippen LogP contribution in [-0.2, 0) is 11.3 Å². The van der Waals surface area contributed by atoms with E-state index in [1.807, 2.05) is 84.9 Å². The lowest BCUT2D eigenvalue weighted by Gasteiger charge is -2.20. The average Bonchev–Trinajstić information content (AvgIpc) is 2.75. The molecule has 1 heterocycles. The number of pyridine rings is 1. The molecule has 4 aromatic rings. The summed E-state index contributed by atoms with van der Waals surface area (Å²) in [4.78, 5) is 25.5. The molecule has 4 heteroatoms. The highest BCUT2D eigenvalue weighted by Gasteiger charge is 2.17. The highest BCUT2D eigenvalue weighted by atomic mass is 16.2. The van der Waals surface area contributed by atoms with Gasteiger partial charge in [-0.15, -0.1) is 0 Å². The van der Waals surface area contributed by atoms with Crippen LogP contribution in [0.15, 0.2) is 102 Å². The van der Waals surface area contributed by atoms with Gasteiger partial charge in [0, 0.05) is 11.6 Å². The van der Waals surface area contributed by atoms with Crippen LogP contribution in [0.4, 0.5) is 0 Å². The van der Waals surface area contributed by atoms with Crippen LogP contribution in [0.2, 0.25) is 0 Å². The van der Waals surface area contributed by atoms with E-state index in [0.717, 1.165) is 16.5 Å². The van der Waals surface area contributed by atoms with Gasteiger partial charge in [0.2, 0.25) is 5.91 Å². The van der Waals surface area contributed by atoms with Gasteiger partial charge >= 0.3 is 0 Å². The van der Waals surface area contributed by atoms with Crippen LogP contribution in [0.3, 0.4) is 0 Å². The lowest BCUT2D eigenvalue weighted by Crippen LogP contribution is -2.35. The van der Waals surface area contributed by atoms with Crippen LogP contribution in [0.5, 0.6) is 0 Å². The number of aromatic nitrogens is 1. The predicted molar refractivity (Wildman–Crippen MR) is 111 cm³/mol. The van der Waals surface area contributed by atoms with Crippen molar-refractivity contribution in [2.45, 2.75) is 12.6 Å². The number of carbonyl (C=O) groups excluding carboxylic acids is 1. The van der Waals surface area contributed by atoms with Gasteiger partial charge in [0.1, 0.15) is 6.54 Å². The van der Waals surface area contributed by atoms with Crippen molar-refractivity contribution >= 4 is 16.7 Å². The summed E-state index contributed by atoms with van der Waals surface area (Å²) in [6, 6.07) is 28.6. The fourth-order valence-corrected chi connectivity index (χ4v) is 3.37. The molecule has 138 valence electrons. The van der Waals surface area contributed by atoms with Gasteiger partial charge in [0.25, 0.3) is 5.56 Å². The Hall–Kier alpha value is -3.66. The molecule has 1 aromatic heterocycles. The first kappa shape index (κ1) is 17.7. The molecular formula is C24H20N2O2. The number of rotatable bonds is 5. The monoisotopic (exact) mass is 368 g/mol. The second kappa shape index (κ2) is 7.92. The summed E-state index contributed by atoms with van der Waals surface area (Å²) >= 11 is 0. The zero-order valence-corrected chi connectivity index (χ0v) is 15.3. The van der Waals surface area contributed by atoms with Crippen molar-refractivity contribution in [1.29, 1.82) is 0 Å². The minimum atomic E-state index is -0.272. The van der Waals surface area contributed by atoms with E-state index in [9.17, 15) is 9.59 Å². The predicted octanol–water partition coefficient (Wildman–Crippen LogP) is 3.91. The van der Waals surface area contributed by atoms with E-state index in [-0.39, 0.29) is 24.1 Å². The first-order valence-corrected chi connectivity index (χ1v) is 9.20. The Labute approximate surface area is 163 Å². The van der Waals surface area contributed by atoms with Crippen molar-refractivity contribution < 1.29 is 4.79 Å². The Morgan fingerprint density at radius 3 is 2.00 bits per heavy atom. The molecule has 0 aliphatic rings. The summed E-state index contributed by atoms with van der Waals surface area (Å²) in [7, 11) is 0. The van der Waals surface area contributed by atoms with Crippen LogP contribution in [-0.4, -0.2) is 10.5 Å². The zero-order valence-electron chi connectivity index (χ0n) is 15.3. The van der Waals surface area contributed by atoms with Crippen LogP contribution < -0.4 is 10.9 Å². The van der Waals surface area contributed by atoms with Crippen molar-refractivity contribution in [3.05, 3.63) is 119 Å². The first-order valence-electron chi connectivity index (χ1n) is 9.20. The minimum absolute atomic E-state index is 0.0279. The minimum Gasteiger partial charge on any atom is -0.344 e. The van der Waals surface area contributed by atoms with E-state index >= 15 is 0 Å². The zero-order chi connectivity index (χ0) is 19.3. The van der Waals surface area contributed by atoms with Crippen molar-refractivity contribution in [3.63, 3.8) is 0 Å². The molecule has 1 amide bonds. The van der Waals surface area contributed by atoms with Crippen molar-refractivity contribution in [3.8, 4) is 0 Å². The molecule has 4 rings (SSSR count). The number of amides is 1. The fourth-order valence-electron chi connectivity index (χ4n) is 3.37. The summed E-state index contributed by atoms with van der Waals surface area (Å²) in [6.45, 7) is -0.0279. The van der Waals surface area contributed by atoms with Gasteiger partial charge in [-0.25, -0.2) is 0 Å². The molecule has 0 saturated carbocycles. The Bertz CT molecular complexity index is 1110. The van der Waals surface area contributed by atoms with Crippen LogP contribution in [0.25, 0.3) is 10.8 Å². The number of fused-ring (bicyclic) bond motifs is 1. The van der Waals surface area contributed by atoms with E-state index in [0.29, 0.717) is 5.39 Å². The van der Waals surface area contributed by atoms with Gasteiger partial charge in [0.05, 0.1) is 6.04 Å². The fraction of sp³-hybridized carbons (Fsp3) is 0.0833. The summed E-state index contributed by atoms with van der Waals surface area (Å²) in [5.41, 5.74) is 1.82. The molecule has 1 N–H and O–H groups in total. The van der Waals surface area contributed by atoms with E-state index in [1.165, 1.54) is 4.57 Å². The van der Waals surface area contributed by atoms with Crippen molar-refractivity contribution in [1.82, 2.24) is 9.88 Å². The van der Waals surface area contributed by atoms with Gasteiger partial charge in [-0.05, 0) is 28.6 Å². The number of hydrogen-bond acceptors (Lipinski definition) is 2. The molecule has 3 aromatic carbocycles. The summed E-state index contributed by atoms with van der Waals surface area (Å²) < 4.78 is 1.45. The van der Waals surface area contributed by atoms with Gasteiger partial charge in [0.15, 0.2) is 0 Å². The SMILES string of the molecule is O=C(Cn1ccc2ccccc2c1=O)NC(c1ccccc1)c1ccccc1. The van der Waals surface area contributed by atoms with Gasteiger partial charge < -0.3 is 9.88 Å². The van der Waals surface area contributed by atoms with E-state index < -0.39 is 0 Å². The largest absolute Gasteiger partial charge is 0.344 e. The maximum atomic E-state index is 12.8. The third kappa shape index (κ3) is 3.71. The van der Waals surface area contributed by atoms with Gasteiger partial charge in [-0.3, -0.25) is 9.59 Å². The van der Waals surface area contributed by atoms with Crippen LogP contribution >= 0.6 is 0 Å². The molecule has 4 nitrogen and oxygen atoms in total. The molecule has 28 heavy (non-hydrogen) atoms. The summed E-state index contributed by atoms with van der Waals surface area (Å²) in [5.74, 6) is -0.213. The molecule has 0 spiro atoms. The van der Waals surface area contributed by atoms with Crippen molar-refractivity contribution in [2.75, 3.05) is 0 Å². The first-order chi connectivity index (χ1) is 13.7. The molecule has 0 bridgehead atoms. The van der Waals surface area contributed by atoms with Gasteiger partial charge in [-0.2, -0.15) is 0 Å². The van der Waals surface area contributed by atoms with Crippen LogP contribution in [0.1, 0.15) is 17.2 Å².